The molecule has 0 atom stereocenters. The Morgan fingerprint density at radius 1 is 0.321 bits per heavy atom. The number of hydrogen-bond donors (Lipinski definition) is 0. The molecule has 248 valence electrons. The van der Waals surface area contributed by atoms with Gasteiger partial charge in [-0.25, -0.2) is 0 Å². The monoisotopic (exact) mass is 673 g/mol. The van der Waals surface area contributed by atoms with Crippen molar-refractivity contribution in [3.8, 4) is 22.3 Å². The third-order valence-corrected chi connectivity index (χ3v) is 12.8. The summed E-state index contributed by atoms with van der Waals surface area (Å²) in [6.45, 7) is 4.72. The highest BCUT2D eigenvalue weighted by Crippen LogP contribution is 2.64. The summed E-state index contributed by atoms with van der Waals surface area (Å²) < 4.78 is 0. The first-order chi connectivity index (χ1) is 26.1. The van der Waals surface area contributed by atoms with Crippen LogP contribution in [0.25, 0.3) is 54.6 Å². The molecule has 0 radical (unpaired) electrons. The molecule has 0 amide bonds. The van der Waals surface area contributed by atoms with Crippen LogP contribution in [0.4, 0.5) is 17.1 Å². The van der Waals surface area contributed by atoms with E-state index in [1.807, 2.05) is 0 Å². The van der Waals surface area contributed by atoms with Gasteiger partial charge in [-0.3, -0.25) is 0 Å². The minimum atomic E-state index is -0.434. The predicted molar refractivity (Wildman–Crippen MR) is 222 cm³/mol. The molecule has 1 spiro atoms. The molecule has 0 bridgehead atoms. The standard InChI is InChI=1S/C52H35N/c1-51(2)46-23-11-13-25-49(46)53(50-26-14-12-24-47(50)51)32-27-28-45-41(29-32)42-30-39-35-17-5-3-15-33(35)34-16-4-6-18-36(34)40(39)31-48(42)52(45)43-21-9-7-19-37(43)38-20-8-10-22-44(38)52/h3-31H,1-2H3. The molecule has 0 unspecified atom stereocenters. The van der Waals surface area contributed by atoms with Crippen molar-refractivity contribution in [1.29, 1.82) is 0 Å². The molecule has 1 aliphatic heterocycles. The van der Waals surface area contributed by atoms with E-state index in [4.69, 9.17) is 0 Å². The molecular weight excluding hydrogens is 639 g/mol. The van der Waals surface area contributed by atoms with Gasteiger partial charge in [-0.05, 0) is 124 Å². The van der Waals surface area contributed by atoms with Gasteiger partial charge in [0.1, 0.15) is 0 Å². The predicted octanol–water partition coefficient (Wildman–Crippen LogP) is 13.6. The van der Waals surface area contributed by atoms with Crippen molar-refractivity contribution in [2.24, 2.45) is 0 Å². The fourth-order valence-corrected chi connectivity index (χ4v) is 10.6. The van der Waals surface area contributed by atoms with Crippen molar-refractivity contribution < 1.29 is 0 Å². The average Bonchev–Trinajstić information content (AvgIpc) is 3.67. The summed E-state index contributed by atoms with van der Waals surface area (Å²) in [5.74, 6) is 0. The smallest absolute Gasteiger partial charge is 0.0725 e. The van der Waals surface area contributed by atoms with E-state index in [1.165, 1.54) is 105 Å². The van der Waals surface area contributed by atoms with Crippen LogP contribution < -0.4 is 4.90 Å². The van der Waals surface area contributed by atoms with E-state index >= 15 is 0 Å². The van der Waals surface area contributed by atoms with Crippen LogP contribution in [0.3, 0.4) is 0 Å². The number of para-hydroxylation sites is 2. The average molecular weight is 674 g/mol. The molecule has 3 aliphatic rings. The third kappa shape index (κ3) is 3.53. The normalized spacial score (nSPS) is 15.2. The Hall–Kier alpha value is -6.44. The zero-order valence-corrected chi connectivity index (χ0v) is 29.7. The summed E-state index contributed by atoms with van der Waals surface area (Å²) in [6, 6.07) is 66.5. The zero-order chi connectivity index (χ0) is 35.1. The van der Waals surface area contributed by atoms with E-state index in [9.17, 15) is 0 Å². The molecule has 1 heterocycles. The van der Waals surface area contributed by atoms with Crippen LogP contribution in [0.5, 0.6) is 0 Å². The van der Waals surface area contributed by atoms with E-state index in [0.717, 1.165) is 0 Å². The Balaban J connectivity index is 1.23. The summed E-state index contributed by atoms with van der Waals surface area (Å²) in [5.41, 5.74) is 16.6. The minimum Gasteiger partial charge on any atom is -0.310 e. The van der Waals surface area contributed by atoms with Gasteiger partial charge in [-0.2, -0.15) is 0 Å². The summed E-state index contributed by atoms with van der Waals surface area (Å²) in [7, 11) is 0. The van der Waals surface area contributed by atoms with Crippen molar-refractivity contribution in [3.63, 3.8) is 0 Å². The molecule has 9 aromatic carbocycles. The lowest BCUT2D eigenvalue weighted by Gasteiger charge is -2.42. The van der Waals surface area contributed by atoms with Crippen LogP contribution in [0.15, 0.2) is 176 Å². The number of hydrogen-bond acceptors (Lipinski definition) is 1. The molecule has 0 aromatic heterocycles. The molecule has 0 N–H and O–H groups in total. The minimum absolute atomic E-state index is 0.114. The van der Waals surface area contributed by atoms with Crippen LogP contribution in [0.1, 0.15) is 47.2 Å². The van der Waals surface area contributed by atoms with Gasteiger partial charge in [-0.15, -0.1) is 0 Å². The Morgan fingerprint density at radius 3 is 1.30 bits per heavy atom. The number of anilines is 3. The van der Waals surface area contributed by atoms with Gasteiger partial charge in [0.2, 0.25) is 0 Å². The van der Waals surface area contributed by atoms with Crippen LogP contribution in [-0.2, 0) is 10.8 Å². The molecule has 0 fully saturated rings. The Bertz CT molecular complexity index is 2960. The maximum Gasteiger partial charge on any atom is 0.0725 e. The lowest BCUT2D eigenvalue weighted by molar-refractivity contribution is 0.632. The molecule has 0 saturated carbocycles. The van der Waals surface area contributed by atoms with E-state index in [-0.39, 0.29) is 5.41 Å². The molecule has 1 nitrogen and oxygen atoms in total. The van der Waals surface area contributed by atoms with Gasteiger partial charge in [0, 0.05) is 11.1 Å². The molecule has 12 rings (SSSR count). The van der Waals surface area contributed by atoms with E-state index < -0.39 is 5.41 Å². The highest BCUT2D eigenvalue weighted by molar-refractivity contribution is 6.26. The van der Waals surface area contributed by atoms with Gasteiger partial charge in [-0.1, -0.05) is 153 Å². The highest BCUT2D eigenvalue weighted by Gasteiger charge is 2.52. The zero-order valence-electron chi connectivity index (χ0n) is 29.7. The molecule has 1 heteroatoms. The third-order valence-electron chi connectivity index (χ3n) is 12.8. The molecule has 0 saturated heterocycles. The highest BCUT2D eigenvalue weighted by atomic mass is 15.2. The molecular formula is C52H35N. The van der Waals surface area contributed by atoms with Gasteiger partial charge in [0.15, 0.2) is 0 Å². The van der Waals surface area contributed by atoms with Crippen molar-refractivity contribution in [2.45, 2.75) is 24.7 Å². The lowest BCUT2D eigenvalue weighted by Crippen LogP contribution is -2.30. The Kier molecular flexibility index (Phi) is 5.57. The maximum atomic E-state index is 2.56. The fourth-order valence-electron chi connectivity index (χ4n) is 10.6. The summed E-state index contributed by atoms with van der Waals surface area (Å²) in [4.78, 5) is 2.50. The van der Waals surface area contributed by atoms with E-state index in [0.29, 0.717) is 0 Å². The van der Waals surface area contributed by atoms with Crippen molar-refractivity contribution >= 4 is 49.4 Å². The number of fused-ring (bicyclic) bond motifs is 18. The van der Waals surface area contributed by atoms with Gasteiger partial charge < -0.3 is 4.90 Å². The van der Waals surface area contributed by atoms with Crippen LogP contribution >= 0.6 is 0 Å². The van der Waals surface area contributed by atoms with E-state index in [1.54, 1.807) is 0 Å². The molecule has 53 heavy (non-hydrogen) atoms. The fraction of sp³-hybridized carbons (Fsp3) is 0.0769. The largest absolute Gasteiger partial charge is 0.310 e. The summed E-state index contributed by atoms with van der Waals surface area (Å²) in [5, 5.41) is 7.84. The summed E-state index contributed by atoms with van der Waals surface area (Å²) >= 11 is 0. The van der Waals surface area contributed by atoms with Crippen molar-refractivity contribution in [3.05, 3.63) is 209 Å². The quantitative estimate of drug-likeness (QED) is 0.157. The van der Waals surface area contributed by atoms with E-state index in [2.05, 4.69) is 195 Å². The number of rotatable bonds is 1. The van der Waals surface area contributed by atoms with Gasteiger partial charge >= 0.3 is 0 Å². The summed E-state index contributed by atoms with van der Waals surface area (Å²) in [6.07, 6.45) is 0. The van der Waals surface area contributed by atoms with Crippen LogP contribution in [0, 0.1) is 0 Å². The van der Waals surface area contributed by atoms with Crippen LogP contribution in [-0.4, -0.2) is 0 Å². The second kappa shape index (κ2) is 10.1. The maximum absolute atomic E-state index is 2.56. The van der Waals surface area contributed by atoms with Gasteiger partial charge in [0.25, 0.3) is 0 Å². The second-order valence-corrected chi connectivity index (χ2v) is 15.6. The Morgan fingerprint density at radius 2 is 0.736 bits per heavy atom. The van der Waals surface area contributed by atoms with Crippen molar-refractivity contribution in [2.75, 3.05) is 4.90 Å². The first kappa shape index (κ1) is 29.2. The topological polar surface area (TPSA) is 3.24 Å². The van der Waals surface area contributed by atoms with Gasteiger partial charge in [0.05, 0.1) is 16.8 Å². The lowest BCUT2D eigenvalue weighted by atomic mass is 9.70. The van der Waals surface area contributed by atoms with Crippen LogP contribution in [0.2, 0.25) is 0 Å². The Labute approximate surface area is 309 Å². The first-order valence-corrected chi connectivity index (χ1v) is 18.8. The molecule has 9 aromatic rings. The SMILES string of the molecule is CC1(C)c2ccccc2N(c2ccc3c(c2)-c2cc4c5ccccc5c5ccccc5c4cc2C32c3ccccc3-c3ccccc32)c2ccccc21. The molecule has 2 aliphatic carbocycles. The number of benzene rings is 9. The number of nitrogens with zero attached hydrogens (tertiary/aromatic N) is 1. The first-order valence-electron chi connectivity index (χ1n) is 18.8. The van der Waals surface area contributed by atoms with Crippen molar-refractivity contribution in [1.82, 2.24) is 0 Å². The second-order valence-electron chi connectivity index (χ2n) is 15.6.